The van der Waals surface area contributed by atoms with Crippen LogP contribution in [0, 0.1) is 23.0 Å². The van der Waals surface area contributed by atoms with Crippen molar-refractivity contribution in [1.29, 1.82) is 5.26 Å². The lowest BCUT2D eigenvalue weighted by atomic mass is 9.91. The Morgan fingerprint density at radius 1 is 0.653 bits per heavy atom. The number of nitriles is 1. The predicted octanol–water partition coefficient (Wildman–Crippen LogP) is 9.10. The van der Waals surface area contributed by atoms with Crippen molar-refractivity contribution >= 4 is 81.8 Å². The van der Waals surface area contributed by atoms with Crippen molar-refractivity contribution in [1.82, 2.24) is 37.3 Å². The smallest absolute Gasteiger partial charge is 0.261 e. The summed E-state index contributed by atoms with van der Waals surface area (Å²) >= 11 is 2.46. The zero-order chi connectivity index (χ0) is 53.5. The summed E-state index contributed by atoms with van der Waals surface area (Å²) < 4.78 is 81.8. The quantitative estimate of drug-likeness (QED) is 0.115. The van der Waals surface area contributed by atoms with Gasteiger partial charge >= 0.3 is 0 Å². The van der Waals surface area contributed by atoms with Crippen molar-refractivity contribution in [3.05, 3.63) is 129 Å². The summed E-state index contributed by atoms with van der Waals surface area (Å²) in [4.78, 5) is 36.0. The lowest BCUT2D eigenvalue weighted by Gasteiger charge is -2.30. The summed E-state index contributed by atoms with van der Waals surface area (Å²) in [6, 6.07) is 22.1. The minimum Gasteiger partial charge on any atom is -0.365 e. The van der Waals surface area contributed by atoms with Gasteiger partial charge in [-0.05, 0) is 122 Å². The van der Waals surface area contributed by atoms with E-state index in [1.807, 2.05) is 54.3 Å². The Morgan fingerprint density at radius 2 is 1.05 bits per heavy atom. The fraction of sp³-hybridized carbons (Fsp3) is 0.346. The fourth-order valence-corrected chi connectivity index (χ4v) is 13.3. The van der Waals surface area contributed by atoms with Crippen LogP contribution in [0.2, 0.25) is 0 Å². The standard InChI is InChI=1S/C26H29FN6O3S2.C26H27FN6O2S2/c1-4-20-25(31(2)26-30-22(23(37-26)24(28)34)17-5-8-19(27)9-6-17)33-15-18(7-10-21(33)29-20)16-11-13-32(14-12-16)38(3,35)36;1-4-21-25(31(2)26-30-24(22(15-28)36-26)18-5-8-20(27)9-6-18)33-16-19(7-10-23(33)29-21)17-11-13-32(14-12-17)37(3,34)35/h5-10,15-16H,4,11-14H2,1-3H3,(H2,28,34);5-10,16-17H,4,11-14H2,1-3H3. The van der Waals surface area contributed by atoms with E-state index >= 15 is 0 Å². The minimum absolute atomic E-state index is 0.231. The molecule has 0 atom stereocenters. The van der Waals surface area contributed by atoms with Crippen LogP contribution in [0.25, 0.3) is 33.8 Å². The summed E-state index contributed by atoms with van der Waals surface area (Å²) in [5, 5.41) is 10.9. The van der Waals surface area contributed by atoms with Gasteiger partial charge in [0.2, 0.25) is 20.0 Å². The fourth-order valence-electron chi connectivity index (χ4n) is 9.84. The number of piperidine rings is 2. The maximum atomic E-state index is 13.5. The number of aryl methyl sites for hydroxylation is 2. The SMILES string of the molecule is CCc1nc2ccc(C3CCN(S(C)(=O)=O)CC3)cn2c1N(C)c1nc(-c2ccc(F)cc2)c(C#N)s1.CCc1nc2ccc(C3CCN(S(C)(=O)=O)CC3)cn2c1N(C)c1nc(-c2ccc(F)cc2)c(C(N)=O)s1. The highest BCUT2D eigenvalue weighted by molar-refractivity contribution is 7.88. The summed E-state index contributed by atoms with van der Waals surface area (Å²) in [5.41, 5.74) is 13.5. The largest absolute Gasteiger partial charge is 0.365 e. The number of pyridine rings is 2. The Labute approximate surface area is 442 Å². The first kappa shape index (κ1) is 53.2. The molecule has 17 nitrogen and oxygen atoms in total. The number of carbonyl (C=O) groups is 1. The molecule has 6 aromatic heterocycles. The van der Waals surface area contributed by atoms with Gasteiger partial charge in [-0.15, -0.1) is 0 Å². The molecule has 2 fully saturated rings. The summed E-state index contributed by atoms with van der Waals surface area (Å²) in [6.45, 7) is 6.11. The molecule has 10 rings (SSSR count). The maximum Gasteiger partial charge on any atom is 0.261 e. The number of sulfonamides is 2. The Balaban J connectivity index is 0.000000184. The van der Waals surface area contributed by atoms with Gasteiger partial charge in [0.25, 0.3) is 5.91 Å². The second kappa shape index (κ2) is 21.5. The molecule has 2 N–H and O–H groups in total. The third-order valence-electron chi connectivity index (χ3n) is 13.8. The van der Waals surface area contributed by atoms with E-state index in [2.05, 4.69) is 35.0 Å². The molecular formula is C52H56F2N12O5S4. The van der Waals surface area contributed by atoms with Crippen LogP contribution in [0.4, 0.5) is 30.7 Å². The molecule has 0 aliphatic carbocycles. The van der Waals surface area contributed by atoms with Crippen LogP contribution >= 0.6 is 22.7 Å². The predicted molar refractivity (Wildman–Crippen MR) is 290 cm³/mol. The molecule has 8 aromatic rings. The number of nitrogens with zero attached hydrogens (tertiary/aromatic N) is 11. The van der Waals surface area contributed by atoms with Gasteiger partial charge in [0.15, 0.2) is 10.3 Å². The first-order chi connectivity index (χ1) is 35.8. The van der Waals surface area contributed by atoms with E-state index in [4.69, 9.17) is 25.7 Å². The summed E-state index contributed by atoms with van der Waals surface area (Å²) in [7, 11) is -2.58. The Hall–Kier alpha value is -6.68. The third kappa shape index (κ3) is 11.0. The van der Waals surface area contributed by atoms with E-state index in [0.717, 1.165) is 71.1 Å². The first-order valence-electron chi connectivity index (χ1n) is 24.4. The average molecular weight is 1100 g/mol. The molecule has 0 radical (unpaired) electrons. The van der Waals surface area contributed by atoms with Gasteiger partial charge in [-0.1, -0.05) is 48.7 Å². The molecule has 0 spiro atoms. The molecule has 0 saturated carbocycles. The van der Waals surface area contributed by atoms with E-state index in [1.54, 1.807) is 28.6 Å². The van der Waals surface area contributed by atoms with Crippen molar-refractivity contribution in [3.8, 4) is 28.6 Å². The van der Waals surface area contributed by atoms with E-state index < -0.39 is 26.0 Å². The van der Waals surface area contributed by atoms with Crippen molar-refractivity contribution in [2.75, 3.05) is 62.6 Å². The Kier molecular flexibility index (Phi) is 15.2. The van der Waals surface area contributed by atoms with Crippen molar-refractivity contribution in [3.63, 3.8) is 0 Å². The monoisotopic (exact) mass is 1090 g/mol. The van der Waals surface area contributed by atoms with Gasteiger partial charge < -0.3 is 15.5 Å². The molecular weight excluding hydrogens is 1040 g/mol. The zero-order valence-electron chi connectivity index (χ0n) is 42.2. The number of rotatable bonds is 13. The van der Waals surface area contributed by atoms with E-state index in [-0.39, 0.29) is 23.5 Å². The van der Waals surface area contributed by atoms with E-state index in [0.29, 0.717) is 81.6 Å². The highest BCUT2D eigenvalue weighted by Gasteiger charge is 2.30. The van der Waals surface area contributed by atoms with Crippen LogP contribution in [-0.2, 0) is 32.9 Å². The third-order valence-corrected chi connectivity index (χ3v) is 18.6. The summed E-state index contributed by atoms with van der Waals surface area (Å²) in [6.07, 6.45) is 11.1. The molecule has 392 valence electrons. The van der Waals surface area contributed by atoms with Crippen LogP contribution in [0.3, 0.4) is 0 Å². The van der Waals surface area contributed by atoms with Crippen molar-refractivity contribution in [2.24, 2.45) is 5.73 Å². The number of aromatic nitrogens is 6. The molecule has 0 bridgehead atoms. The molecule has 23 heteroatoms. The molecule has 2 saturated heterocycles. The number of thiazole rings is 2. The number of benzene rings is 2. The van der Waals surface area contributed by atoms with Crippen LogP contribution in [0.5, 0.6) is 0 Å². The van der Waals surface area contributed by atoms with Crippen molar-refractivity contribution < 1.29 is 30.4 Å². The minimum atomic E-state index is -3.19. The Morgan fingerprint density at radius 3 is 1.44 bits per heavy atom. The number of nitrogens with two attached hydrogens (primary N) is 1. The molecule has 0 unspecified atom stereocenters. The molecule has 2 aromatic carbocycles. The van der Waals surface area contributed by atoms with Gasteiger partial charge in [-0.25, -0.2) is 54.2 Å². The summed E-state index contributed by atoms with van der Waals surface area (Å²) in [5.74, 6) is 0.866. The zero-order valence-corrected chi connectivity index (χ0v) is 45.5. The number of halogens is 2. The normalized spacial score (nSPS) is 15.2. The maximum absolute atomic E-state index is 13.5. The van der Waals surface area contributed by atoms with Crippen LogP contribution in [0.15, 0.2) is 85.2 Å². The highest BCUT2D eigenvalue weighted by Crippen LogP contribution is 2.40. The van der Waals surface area contributed by atoms with E-state index in [1.165, 1.54) is 63.8 Å². The lowest BCUT2D eigenvalue weighted by Crippen LogP contribution is -2.37. The molecule has 2 aliphatic heterocycles. The molecule has 2 aliphatic rings. The number of amides is 1. The van der Waals surface area contributed by atoms with Gasteiger partial charge in [-0.2, -0.15) is 5.26 Å². The Bertz CT molecular complexity index is 3690. The topological polar surface area (TPSA) is 208 Å². The van der Waals surface area contributed by atoms with Crippen LogP contribution in [0.1, 0.15) is 88.4 Å². The first-order valence-corrected chi connectivity index (χ1v) is 29.7. The number of imidazole rings is 2. The van der Waals surface area contributed by atoms with Gasteiger partial charge in [0.05, 0.1) is 29.6 Å². The lowest BCUT2D eigenvalue weighted by molar-refractivity contribution is 0.100. The average Bonchev–Trinajstić information content (AvgIpc) is 4.22. The molecule has 75 heavy (non-hydrogen) atoms. The van der Waals surface area contributed by atoms with E-state index in [9.17, 15) is 35.7 Å². The van der Waals surface area contributed by atoms with Crippen LogP contribution in [-0.4, -0.2) is 113 Å². The number of carbonyl (C=O) groups excluding carboxylic acids is 1. The number of fused-ring (bicyclic) bond motifs is 2. The van der Waals surface area contributed by atoms with Gasteiger partial charge in [-0.3, -0.25) is 13.6 Å². The van der Waals surface area contributed by atoms with Crippen LogP contribution < -0.4 is 15.5 Å². The highest BCUT2D eigenvalue weighted by atomic mass is 32.2. The molecule has 1 amide bonds. The number of hydrogen-bond acceptors (Lipinski definition) is 14. The molecule has 8 heterocycles. The number of anilines is 4. The van der Waals surface area contributed by atoms with Gasteiger partial charge in [0, 0.05) is 63.8 Å². The van der Waals surface area contributed by atoms with Gasteiger partial charge in [0.1, 0.15) is 56.1 Å². The second-order valence-corrected chi connectivity index (χ2v) is 24.6. The second-order valence-electron chi connectivity index (χ2n) is 18.7. The number of hydrogen-bond donors (Lipinski definition) is 1. The number of primary amides is 1. The van der Waals surface area contributed by atoms with Crippen molar-refractivity contribution in [2.45, 2.75) is 64.2 Å².